The van der Waals surface area contributed by atoms with E-state index in [1.807, 2.05) is 24.3 Å². The third-order valence-electron chi connectivity index (χ3n) is 2.73. The molecule has 0 aliphatic heterocycles. The molecule has 0 saturated heterocycles. The van der Waals surface area contributed by atoms with E-state index in [0.29, 0.717) is 13.1 Å². The highest BCUT2D eigenvalue weighted by Gasteiger charge is 2.08. The molecule has 2 aromatic rings. The highest BCUT2D eigenvalue weighted by molar-refractivity contribution is 5.35. The highest BCUT2D eigenvalue weighted by Crippen LogP contribution is 2.08. The Morgan fingerprint density at radius 3 is 2.42 bits per heavy atom. The number of hydrogen-bond donors (Lipinski definition) is 3. The van der Waals surface area contributed by atoms with E-state index in [2.05, 4.69) is 15.2 Å². The molecular weight excluding hydrogens is 246 g/mol. The van der Waals surface area contributed by atoms with Gasteiger partial charge in [0.2, 0.25) is 5.82 Å². The fraction of sp³-hybridized carbons (Fsp3) is 0.250. The Labute approximate surface area is 109 Å². The maximum atomic E-state index is 11.6. The first-order chi connectivity index (χ1) is 9.10. The lowest BCUT2D eigenvalue weighted by molar-refractivity contribution is 0.812. The molecule has 4 N–H and O–H groups in total. The fourth-order valence-electron chi connectivity index (χ4n) is 1.73. The Bertz CT molecular complexity index is 659. The van der Waals surface area contributed by atoms with Crippen molar-refractivity contribution in [3.63, 3.8) is 0 Å². The van der Waals surface area contributed by atoms with Gasteiger partial charge in [-0.1, -0.05) is 24.3 Å². The lowest BCUT2D eigenvalue weighted by atomic mass is 10.1. The van der Waals surface area contributed by atoms with Gasteiger partial charge in [-0.3, -0.25) is 9.78 Å². The van der Waals surface area contributed by atoms with E-state index in [1.165, 1.54) is 0 Å². The maximum absolute atomic E-state index is 11.6. The predicted molar refractivity (Wildman–Crippen MR) is 71.9 cm³/mol. The van der Waals surface area contributed by atoms with Crippen LogP contribution in [0.4, 0.5) is 5.82 Å². The summed E-state index contributed by atoms with van der Waals surface area (Å²) in [5.41, 5.74) is 6.47. The topological polar surface area (TPSA) is 108 Å². The number of nitrogens with zero attached hydrogens (tertiary/aromatic N) is 2. The van der Waals surface area contributed by atoms with Gasteiger partial charge in [-0.2, -0.15) is 0 Å². The molecule has 0 bridgehead atoms. The van der Waals surface area contributed by atoms with Crippen LogP contribution in [0, 0.1) is 0 Å². The van der Waals surface area contributed by atoms with Gasteiger partial charge in [-0.05, 0) is 11.1 Å². The SMILES string of the molecule is CN(Cc1ccc(CN)cc1)c1n[nH]c(=O)[nH]c1=O. The summed E-state index contributed by atoms with van der Waals surface area (Å²) in [6.45, 7) is 1.00. The summed E-state index contributed by atoms with van der Waals surface area (Å²) in [5, 5.41) is 5.94. The molecule has 0 aliphatic rings. The lowest BCUT2D eigenvalue weighted by Gasteiger charge is -2.16. The summed E-state index contributed by atoms with van der Waals surface area (Å²) < 4.78 is 0. The smallest absolute Gasteiger partial charge is 0.342 e. The molecule has 1 aromatic heterocycles. The third-order valence-corrected chi connectivity index (χ3v) is 2.73. The first-order valence-electron chi connectivity index (χ1n) is 5.78. The van der Waals surface area contributed by atoms with Crippen molar-refractivity contribution in [1.29, 1.82) is 0 Å². The zero-order chi connectivity index (χ0) is 13.8. The lowest BCUT2D eigenvalue weighted by Crippen LogP contribution is -2.31. The minimum atomic E-state index is -0.616. The van der Waals surface area contributed by atoms with Crippen LogP contribution in [0.2, 0.25) is 0 Å². The average Bonchev–Trinajstić information content (AvgIpc) is 2.39. The normalized spacial score (nSPS) is 10.4. The van der Waals surface area contributed by atoms with E-state index in [9.17, 15) is 9.59 Å². The third kappa shape index (κ3) is 3.08. The Morgan fingerprint density at radius 1 is 1.21 bits per heavy atom. The van der Waals surface area contributed by atoms with Crippen LogP contribution in [0.1, 0.15) is 11.1 Å². The van der Waals surface area contributed by atoms with Gasteiger partial charge >= 0.3 is 5.69 Å². The Kier molecular flexibility index (Phi) is 3.76. The summed E-state index contributed by atoms with van der Waals surface area (Å²) in [4.78, 5) is 26.3. The standard InChI is InChI=1S/C12H15N5O2/c1-17(10-11(18)14-12(19)16-15-10)7-9-4-2-8(6-13)3-5-9/h2-5H,6-7,13H2,1H3,(H2,14,16,18,19). The summed E-state index contributed by atoms with van der Waals surface area (Å²) in [6, 6.07) is 7.76. The molecule has 2 rings (SSSR count). The van der Waals surface area contributed by atoms with Gasteiger partial charge in [0.25, 0.3) is 5.56 Å². The molecule has 0 fully saturated rings. The summed E-state index contributed by atoms with van der Waals surface area (Å²) in [6.07, 6.45) is 0. The van der Waals surface area contributed by atoms with E-state index in [1.54, 1.807) is 11.9 Å². The number of benzene rings is 1. The van der Waals surface area contributed by atoms with E-state index >= 15 is 0 Å². The van der Waals surface area contributed by atoms with Crippen molar-refractivity contribution in [3.8, 4) is 0 Å². The Morgan fingerprint density at radius 2 is 1.84 bits per heavy atom. The number of nitrogens with one attached hydrogen (secondary N) is 2. The number of aromatic amines is 2. The maximum Gasteiger partial charge on any atom is 0.342 e. The van der Waals surface area contributed by atoms with Gasteiger partial charge in [0.1, 0.15) is 0 Å². The van der Waals surface area contributed by atoms with Gasteiger partial charge < -0.3 is 10.6 Å². The van der Waals surface area contributed by atoms with Crippen LogP contribution in [0.25, 0.3) is 0 Å². The van der Waals surface area contributed by atoms with Crippen LogP contribution in [0.15, 0.2) is 33.9 Å². The number of aromatic nitrogens is 3. The van der Waals surface area contributed by atoms with Gasteiger partial charge in [-0.15, -0.1) is 5.10 Å². The van der Waals surface area contributed by atoms with Crippen molar-refractivity contribution >= 4 is 5.82 Å². The fourth-order valence-corrected chi connectivity index (χ4v) is 1.73. The summed E-state index contributed by atoms with van der Waals surface area (Å²) >= 11 is 0. The molecule has 0 aliphatic carbocycles. The largest absolute Gasteiger partial charge is 0.349 e. The number of H-pyrrole nitrogens is 2. The monoisotopic (exact) mass is 261 g/mol. The quantitative estimate of drug-likeness (QED) is 0.691. The number of nitrogens with two attached hydrogens (primary N) is 1. The number of rotatable bonds is 4. The van der Waals surface area contributed by atoms with Crippen molar-refractivity contribution in [2.24, 2.45) is 5.73 Å². The van der Waals surface area contributed by atoms with Crippen LogP contribution in [-0.2, 0) is 13.1 Å². The molecule has 1 heterocycles. The van der Waals surface area contributed by atoms with Crippen molar-refractivity contribution < 1.29 is 0 Å². The molecule has 0 radical (unpaired) electrons. The summed E-state index contributed by atoms with van der Waals surface area (Å²) in [5.74, 6) is 0.169. The Hall–Kier alpha value is -2.41. The Balaban J connectivity index is 2.17. The van der Waals surface area contributed by atoms with Crippen molar-refractivity contribution in [1.82, 2.24) is 15.2 Å². The molecule has 7 heteroatoms. The zero-order valence-electron chi connectivity index (χ0n) is 10.5. The van der Waals surface area contributed by atoms with Crippen LogP contribution in [-0.4, -0.2) is 22.2 Å². The van der Waals surface area contributed by atoms with Gasteiger partial charge in [-0.25, -0.2) is 9.89 Å². The number of hydrogen-bond acceptors (Lipinski definition) is 5. The molecule has 0 saturated carbocycles. The van der Waals surface area contributed by atoms with Crippen LogP contribution in [0.5, 0.6) is 0 Å². The first-order valence-corrected chi connectivity index (χ1v) is 5.78. The van der Waals surface area contributed by atoms with Crippen LogP contribution < -0.4 is 21.9 Å². The van der Waals surface area contributed by atoms with E-state index < -0.39 is 11.2 Å². The van der Waals surface area contributed by atoms with Gasteiger partial charge in [0.15, 0.2) is 0 Å². The second-order valence-corrected chi connectivity index (χ2v) is 4.21. The molecule has 0 amide bonds. The molecule has 0 unspecified atom stereocenters. The molecule has 0 spiro atoms. The van der Waals surface area contributed by atoms with E-state index in [-0.39, 0.29) is 5.82 Å². The number of anilines is 1. The molecule has 0 atom stereocenters. The average molecular weight is 261 g/mol. The van der Waals surface area contributed by atoms with Crippen molar-refractivity contribution in [3.05, 3.63) is 56.2 Å². The van der Waals surface area contributed by atoms with E-state index in [0.717, 1.165) is 11.1 Å². The first kappa shape index (κ1) is 13.0. The second kappa shape index (κ2) is 5.49. The molecule has 19 heavy (non-hydrogen) atoms. The molecule has 100 valence electrons. The second-order valence-electron chi connectivity index (χ2n) is 4.21. The van der Waals surface area contributed by atoms with Crippen LogP contribution >= 0.6 is 0 Å². The molecular formula is C12H15N5O2. The zero-order valence-corrected chi connectivity index (χ0v) is 10.5. The molecule has 7 nitrogen and oxygen atoms in total. The summed E-state index contributed by atoms with van der Waals surface area (Å²) in [7, 11) is 1.73. The van der Waals surface area contributed by atoms with E-state index in [4.69, 9.17) is 5.73 Å². The van der Waals surface area contributed by atoms with Crippen molar-refractivity contribution in [2.45, 2.75) is 13.1 Å². The van der Waals surface area contributed by atoms with Gasteiger partial charge in [0.05, 0.1) is 0 Å². The van der Waals surface area contributed by atoms with Crippen LogP contribution in [0.3, 0.4) is 0 Å². The minimum Gasteiger partial charge on any atom is -0.349 e. The van der Waals surface area contributed by atoms with Crippen molar-refractivity contribution in [2.75, 3.05) is 11.9 Å². The minimum absolute atomic E-state index is 0.169. The highest BCUT2D eigenvalue weighted by atomic mass is 16.2. The molecule has 1 aromatic carbocycles. The predicted octanol–water partition coefficient (Wildman–Crippen LogP) is -0.447. The van der Waals surface area contributed by atoms with Gasteiger partial charge in [0, 0.05) is 20.1 Å².